The van der Waals surface area contributed by atoms with E-state index in [4.69, 9.17) is 5.73 Å². The van der Waals surface area contributed by atoms with Gasteiger partial charge in [-0.1, -0.05) is 0 Å². The van der Waals surface area contributed by atoms with Gasteiger partial charge in [-0.2, -0.15) is 12.6 Å². The first-order chi connectivity index (χ1) is 3.81. The van der Waals surface area contributed by atoms with Gasteiger partial charge < -0.3 is 11.1 Å². The summed E-state index contributed by atoms with van der Waals surface area (Å²) in [5.41, 5.74) is 5.24. The van der Waals surface area contributed by atoms with Crippen LogP contribution in [0.5, 0.6) is 0 Å². The van der Waals surface area contributed by atoms with Gasteiger partial charge in [0.25, 0.3) is 0 Å². The van der Waals surface area contributed by atoms with Crippen molar-refractivity contribution >= 4 is 12.6 Å². The van der Waals surface area contributed by atoms with E-state index in [-0.39, 0.29) is 0 Å². The molecule has 0 spiro atoms. The van der Waals surface area contributed by atoms with Gasteiger partial charge in [0.2, 0.25) is 0 Å². The van der Waals surface area contributed by atoms with Crippen molar-refractivity contribution in [2.24, 2.45) is 5.73 Å². The quantitative estimate of drug-likeness (QED) is 0.468. The van der Waals surface area contributed by atoms with E-state index in [1.165, 1.54) is 0 Å². The molecule has 0 bridgehead atoms. The van der Waals surface area contributed by atoms with Crippen molar-refractivity contribution < 1.29 is 0 Å². The fraction of sp³-hybridized carbons (Fsp3) is 1.00. The predicted molar refractivity (Wildman–Crippen MR) is 40.4 cm³/mol. The summed E-state index contributed by atoms with van der Waals surface area (Å²) < 4.78 is 0. The van der Waals surface area contributed by atoms with E-state index in [1.807, 2.05) is 0 Å². The standard InChI is InChI=1S/C5H14N2S/c1-5(4-8)7-3-2-6/h5,7-8H,2-4,6H2,1H3. The minimum atomic E-state index is 0.488. The number of nitrogens with two attached hydrogens (primary N) is 1. The third kappa shape index (κ3) is 4.43. The molecule has 2 nitrogen and oxygen atoms in total. The van der Waals surface area contributed by atoms with E-state index in [1.54, 1.807) is 0 Å². The zero-order chi connectivity index (χ0) is 6.41. The van der Waals surface area contributed by atoms with Crippen LogP contribution in [-0.4, -0.2) is 24.9 Å². The minimum absolute atomic E-state index is 0.488. The average molecular weight is 134 g/mol. The average Bonchev–Trinajstić information content (AvgIpc) is 1.83. The zero-order valence-electron chi connectivity index (χ0n) is 5.22. The van der Waals surface area contributed by atoms with Crippen LogP contribution in [0.1, 0.15) is 6.92 Å². The number of hydrogen-bond donors (Lipinski definition) is 3. The molecule has 0 aliphatic carbocycles. The maximum atomic E-state index is 5.24. The van der Waals surface area contributed by atoms with Gasteiger partial charge in [-0.3, -0.25) is 0 Å². The van der Waals surface area contributed by atoms with Gasteiger partial charge in [0.1, 0.15) is 0 Å². The Labute approximate surface area is 56.2 Å². The first-order valence-corrected chi connectivity index (χ1v) is 3.48. The molecule has 0 fully saturated rings. The molecule has 0 rings (SSSR count). The molecule has 3 N–H and O–H groups in total. The van der Waals surface area contributed by atoms with Crippen LogP contribution in [0.4, 0.5) is 0 Å². The summed E-state index contributed by atoms with van der Waals surface area (Å²) >= 11 is 4.09. The molecule has 0 aliphatic heterocycles. The number of nitrogens with one attached hydrogen (secondary N) is 1. The van der Waals surface area contributed by atoms with Crippen molar-refractivity contribution in [3.63, 3.8) is 0 Å². The Kier molecular flexibility index (Phi) is 5.59. The maximum Gasteiger partial charge on any atom is 0.0127 e. The first kappa shape index (κ1) is 8.27. The molecular formula is C5H14N2S. The van der Waals surface area contributed by atoms with E-state index in [0.717, 1.165) is 12.3 Å². The Hall–Kier alpha value is 0.270. The van der Waals surface area contributed by atoms with Gasteiger partial charge in [-0.25, -0.2) is 0 Å². The molecule has 1 atom stereocenters. The molecule has 3 heteroatoms. The molecule has 0 heterocycles. The second kappa shape index (κ2) is 5.41. The Morgan fingerprint density at radius 1 is 1.75 bits per heavy atom. The number of thiol groups is 1. The smallest absolute Gasteiger partial charge is 0.0127 e. The third-order valence-corrected chi connectivity index (χ3v) is 1.46. The van der Waals surface area contributed by atoms with Gasteiger partial charge in [0.05, 0.1) is 0 Å². The van der Waals surface area contributed by atoms with Crippen molar-refractivity contribution in [2.75, 3.05) is 18.8 Å². The zero-order valence-corrected chi connectivity index (χ0v) is 6.12. The second-order valence-corrected chi connectivity index (χ2v) is 2.19. The van der Waals surface area contributed by atoms with Crippen LogP contribution < -0.4 is 11.1 Å². The van der Waals surface area contributed by atoms with Crippen LogP contribution in [-0.2, 0) is 0 Å². The van der Waals surface area contributed by atoms with Crippen molar-refractivity contribution in [1.29, 1.82) is 0 Å². The second-order valence-electron chi connectivity index (χ2n) is 1.83. The molecule has 50 valence electrons. The molecule has 1 unspecified atom stereocenters. The Morgan fingerprint density at radius 3 is 2.75 bits per heavy atom. The van der Waals surface area contributed by atoms with E-state index in [9.17, 15) is 0 Å². The fourth-order valence-corrected chi connectivity index (χ4v) is 0.523. The molecule has 0 aromatic rings. The highest BCUT2D eigenvalue weighted by Crippen LogP contribution is 1.81. The molecule has 0 aromatic heterocycles. The highest BCUT2D eigenvalue weighted by Gasteiger charge is 1.92. The lowest BCUT2D eigenvalue weighted by Crippen LogP contribution is -2.32. The lowest BCUT2D eigenvalue weighted by molar-refractivity contribution is 0.604. The monoisotopic (exact) mass is 134 g/mol. The molecule has 0 amide bonds. The van der Waals surface area contributed by atoms with Gasteiger partial charge in [-0.05, 0) is 6.92 Å². The lowest BCUT2D eigenvalue weighted by Gasteiger charge is -2.07. The summed E-state index contributed by atoms with van der Waals surface area (Å²) in [6.45, 7) is 3.68. The van der Waals surface area contributed by atoms with E-state index in [0.29, 0.717) is 12.6 Å². The highest BCUT2D eigenvalue weighted by atomic mass is 32.1. The summed E-state index contributed by atoms with van der Waals surface area (Å²) in [6, 6.07) is 0.488. The normalized spacial score (nSPS) is 13.9. The largest absolute Gasteiger partial charge is 0.329 e. The van der Waals surface area contributed by atoms with Gasteiger partial charge in [0.15, 0.2) is 0 Å². The van der Waals surface area contributed by atoms with Gasteiger partial charge in [-0.15, -0.1) is 0 Å². The summed E-state index contributed by atoms with van der Waals surface area (Å²) in [6.07, 6.45) is 0. The van der Waals surface area contributed by atoms with Gasteiger partial charge in [0, 0.05) is 24.9 Å². The van der Waals surface area contributed by atoms with Crippen LogP contribution in [0.25, 0.3) is 0 Å². The molecule has 8 heavy (non-hydrogen) atoms. The highest BCUT2D eigenvalue weighted by molar-refractivity contribution is 7.80. The van der Waals surface area contributed by atoms with Gasteiger partial charge >= 0.3 is 0 Å². The van der Waals surface area contributed by atoms with Crippen molar-refractivity contribution in [1.82, 2.24) is 5.32 Å². The summed E-state index contributed by atoms with van der Waals surface area (Å²) in [7, 11) is 0. The Balaban J connectivity index is 2.86. The third-order valence-electron chi connectivity index (χ3n) is 0.911. The van der Waals surface area contributed by atoms with Crippen LogP contribution in [0.3, 0.4) is 0 Å². The molecule has 0 radical (unpaired) electrons. The predicted octanol–water partition coefficient (Wildman–Crippen LogP) is -0.147. The minimum Gasteiger partial charge on any atom is -0.329 e. The number of rotatable bonds is 4. The fourth-order valence-electron chi connectivity index (χ4n) is 0.394. The summed E-state index contributed by atoms with van der Waals surface area (Å²) in [5.74, 6) is 0.875. The molecule has 0 aromatic carbocycles. The summed E-state index contributed by atoms with van der Waals surface area (Å²) in [5, 5.41) is 3.18. The van der Waals surface area contributed by atoms with Crippen LogP contribution >= 0.6 is 12.6 Å². The number of hydrogen-bond acceptors (Lipinski definition) is 3. The van der Waals surface area contributed by atoms with Crippen LogP contribution in [0.2, 0.25) is 0 Å². The SMILES string of the molecule is CC(CS)NCCN. The topological polar surface area (TPSA) is 38.0 Å². The van der Waals surface area contributed by atoms with Crippen LogP contribution in [0.15, 0.2) is 0 Å². The molecular weight excluding hydrogens is 120 g/mol. The molecule has 0 saturated carbocycles. The van der Waals surface area contributed by atoms with E-state index >= 15 is 0 Å². The van der Waals surface area contributed by atoms with E-state index < -0.39 is 0 Å². The summed E-state index contributed by atoms with van der Waals surface area (Å²) in [4.78, 5) is 0. The van der Waals surface area contributed by atoms with Crippen LogP contribution in [0, 0.1) is 0 Å². The Bertz CT molecular complexity index is 49.7. The lowest BCUT2D eigenvalue weighted by atomic mass is 10.4. The van der Waals surface area contributed by atoms with Crippen molar-refractivity contribution in [3.05, 3.63) is 0 Å². The van der Waals surface area contributed by atoms with E-state index in [2.05, 4.69) is 24.9 Å². The first-order valence-electron chi connectivity index (χ1n) is 2.85. The Morgan fingerprint density at radius 2 is 2.38 bits per heavy atom. The molecule has 0 aliphatic rings. The van der Waals surface area contributed by atoms with Crippen molar-refractivity contribution in [3.8, 4) is 0 Å². The van der Waals surface area contributed by atoms with Crippen molar-refractivity contribution in [2.45, 2.75) is 13.0 Å². The maximum absolute atomic E-state index is 5.24. The molecule has 0 saturated heterocycles.